The van der Waals surface area contributed by atoms with Gasteiger partial charge < -0.3 is 5.11 Å². The fourth-order valence-corrected chi connectivity index (χ4v) is 2.41. The number of hydrogen-bond acceptors (Lipinski definition) is 2. The highest BCUT2D eigenvalue weighted by Crippen LogP contribution is 2.25. The van der Waals surface area contributed by atoms with Gasteiger partial charge in [-0.05, 0) is 44.0 Å². The van der Waals surface area contributed by atoms with Crippen LogP contribution in [0.25, 0.3) is 0 Å². The number of nitrogens with zero attached hydrogens (tertiary/aromatic N) is 1. The van der Waals surface area contributed by atoms with E-state index in [-0.39, 0.29) is 6.10 Å². The van der Waals surface area contributed by atoms with Crippen molar-refractivity contribution >= 4 is 11.6 Å². The largest absolute Gasteiger partial charge is 0.392 e. The third-order valence-corrected chi connectivity index (χ3v) is 3.58. The van der Waals surface area contributed by atoms with Crippen LogP contribution in [0.5, 0.6) is 0 Å². The molecule has 0 radical (unpaired) electrons. The molecule has 1 aliphatic rings. The number of aliphatic hydroxyl groups is 1. The smallest absolute Gasteiger partial charge is 0.0667 e. The summed E-state index contributed by atoms with van der Waals surface area (Å²) in [5.74, 6) is 0. The fraction of sp³-hybridized carbons (Fsp3) is 0.538. The van der Waals surface area contributed by atoms with Gasteiger partial charge >= 0.3 is 0 Å². The van der Waals surface area contributed by atoms with E-state index in [0.717, 1.165) is 31.0 Å². The normalized spacial score (nSPS) is 24.3. The molecule has 3 heteroatoms. The molecule has 1 fully saturated rings. The van der Waals surface area contributed by atoms with Crippen molar-refractivity contribution in [3.8, 4) is 0 Å². The minimum absolute atomic E-state index is 0.163. The highest BCUT2D eigenvalue weighted by atomic mass is 35.5. The van der Waals surface area contributed by atoms with E-state index in [4.69, 9.17) is 11.6 Å². The maximum atomic E-state index is 9.66. The topological polar surface area (TPSA) is 23.5 Å². The molecule has 1 N–H and O–H groups in total. The zero-order valence-electron chi connectivity index (χ0n) is 9.56. The van der Waals surface area contributed by atoms with Crippen molar-refractivity contribution in [1.82, 2.24) is 4.90 Å². The van der Waals surface area contributed by atoms with Gasteiger partial charge in [-0.15, -0.1) is 0 Å². The summed E-state index contributed by atoms with van der Waals surface area (Å²) in [4.78, 5) is 2.33. The first-order valence-corrected chi connectivity index (χ1v) is 6.22. The molecule has 0 spiro atoms. The van der Waals surface area contributed by atoms with Gasteiger partial charge in [0.05, 0.1) is 6.10 Å². The summed E-state index contributed by atoms with van der Waals surface area (Å²) in [6.07, 6.45) is 1.85. The van der Waals surface area contributed by atoms with Crippen LogP contribution in [0.2, 0.25) is 5.02 Å². The lowest BCUT2D eigenvalue weighted by Crippen LogP contribution is -2.39. The first-order chi connectivity index (χ1) is 7.66. The Hall–Kier alpha value is -0.570. The molecule has 0 aliphatic carbocycles. The van der Waals surface area contributed by atoms with Crippen molar-refractivity contribution in [3.63, 3.8) is 0 Å². The average molecular weight is 240 g/mol. The van der Waals surface area contributed by atoms with E-state index < -0.39 is 0 Å². The predicted octanol–water partition coefficient (Wildman–Crippen LogP) is 2.86. The maximum Gasteiger partial charge on any atom is 0.0667 e. The number of aliphatic hydroxyl groups excluding tert-OH is 1. The Bertz CT molecular complexity index is 338. The Morgan fingerprint density at radius 2 is 2.06 bits per heavy atom. The molecule has 2 unspecified atom stereocenters. The number of piperidine rings is 1. The Morgan fingerprint density at radius 3 is 2.69 bits per heavy atom. The van der Waals surface area contributed by atoms with Gasteiger partial charge in [0.25, 0.3) is 0 Å². The molecule has 2 atom stereocenters. The molecule has 0 saturated carbocycles. The van der Waals surface area contributed by atoms with E-state index in [1.54, 1.807) is 0 Å². The molecular weight excluding hydrogens is 222 g/mol. The molecule has 1 aromatic rings. The second kappa shape index (κ2) is 5.17. The minimum atomic E-state index is -0.163. The maximum absolute atomic E-state index is 9.66. The van der Waals surface area contributed by atoms with E-state index in [0.29, 0.717) is 6.04 Å². The van der Waals surface area contributed by atoms with E-state index in [9.17, 15) is 5.11 Å². The van der Waals surface area contributed by atoms with Crippen LogP contribution in [0, 0.1) is 0 Å². The number of β-amino-alcohol motifs (C(OH)–C–C–N with tert-alkyl or cyclic N) is 1. The number of rotatable bonds is 2. The quantitative estimate of drug-likeness (QED) is 0.858. The predicted molar refractivity (Wildman–Crippen MR) is 66.7 cm³/mol. The molecular formula is C13H18ClNO. The van der Waals surface area contributed by atoms with Gasteiger partial charge in [0.2, 0.25) is 0 Å². The van der Waals surface area contributed by atoms with Crippen molar-refractivity contribution in [2.45, 2.75) is 31.9 Å². The van der Waals surface area contributed by atoms with Gasteiger partial charge in [0.1, 0.15) is 0 Å². The van der Waals surface area contributed by atoms with E-state index in [1.165, 1.54) is 5.56 Å². The third kappa shape index (κ3) is 2.76. The first kappa shape index (κ1) is 11.9. The number of benzene rings is 1. The molecule has 88 valence electrons. The van der Waals surface area contributed by atoms with Crippen LogP contribution in [0.15, 0.2) is 24.3 Å². The Morgan fingerprint density at radius 1 is 1.38 bits per heavy atom. The summed E-state index contributed by atoms with van der Waals surface area (Å²) in [5, 5.41) is 10.4. The van der Waals surface area contributed by atoms with Crippen molar-refractivity contribution in [1.29, 1.82) is 0 Å². The lowest BCUT2D eigenvalue weighted by molar-refractivity contribution is 0.0504. The van der Waals surface area contributed by atoms with E-state index in [1.807, 2.05) is 12.1 Å². The zero-order valence-corrected chi connectivity index (χ0v) is 10.3. The Balaban J connectivity index is 2.06. The van der Waals surface area contributed by atoms with Crippen LogP contribution in [-0.4, -0.2) is 29.2 Å². The molecule has 1 saturated heterocycles. The van der Waals surface area contributed by atoms with Crippen LogP contribution < -0.4 is 0 Å². The molecule has 1 aromatic carbocycles. The van der Waals surface area contributed by atoms with E-state index in [2.05, 4.69) is 24.0 Å². The van der Waals surface area contributed by atoms with Crippen molar-refractivity contribution < 1.29 is 5.11 Å². The Labute approximate surface area is 102 Å². The molecule has 0 amide bonds. The highest BCUT2D eigenvalue weighted by Gasteiger charge is 2.22. The summed E-state index contributed by atoms with van der Waals surface area (Å²) in [6.45, 7) is 4.03. The molecule has 1 aliphatic heterocycles. The molecule has 1 heterocycles. The second-order valence-electron chi connectivity index (χ2n) is 4.52. The summed E-state index contributed by atoms with van der Waals surface area (Å²) >= 11 is 5.87. The summed E-state index contributed by atoms with van der Waals surface area (Å²) in [5.41, 5.74) is 1.26. The summed E-state index contributed by atoms with van der Waals surface area (Å²) < 4.78 is 0. The highest BCUT2D eigenvalue weighted by molar-refractivity contribution is 6.30. The standard InChI is InChI=1S/C13H18ClNO/c1-10(11-4-6-12(14)7-5-11)15-8-2-3-13(16)9-15/h4-7,10,13,16H,2-3,8-9H2,1H3. The second-order valence-corrected chi connectivity index (χ2v) is 4.95. The lowest BCUT2D eigenvalue weighted by Gasteiger charge is -2.35. The van der Waals surface area contributed by atoms with Crippen LogP contribution >= 0.6 is 11.6 Å². The Kier molecular flexibility index (Phi) is 3.85. The molecule has 0 bridgehead atoms. The molecule has 2 rings (SSSR count). The van der Waals surface area contributed by atoms with Crippen LogP contribution in [0.1, 0.15) is 31.4 Å². The van der Waals surface area contributed by atoms with Gasteiger partial charge in [-0.25, -0.2) is 0 Å². The van der Waals surface area contributed by atoms with Crippen molar-refractivity contribution in [2.24, 2.45) is 0 Å². The van der Waals surface area contributed by atoms with Crippen LogP contribution in [-0.2, 0) is 0 Å². The fourth-order valence-electron chi connectivity index (χ4n) is 2.29. The van der Waals surface area contributed by atoms with Gasteiger partial charge in [0.15, 0.2) is 0 Å². The number of hydrogen-bond donors (Lipinski definition) is 1. The number of halogens is 1. The van der Waals surface area contributed by atoms with Crippen molar-refractivity contribution in [2.75, 3.05) is 13.1 Å². The third-order valence-electron chi connectivity index (χ3n) is 3.33. The summed E-state index contributed by atoms with van der Waals surface area (Å²) in [6, 6.07) is 8.33. The minimum Gasteiger partial charge on any atom is -0.392 e. The summed E-state index contributed by atoms with van der Waals surface area (Å²) in [7, 11) is 0. The molecule has 16 heavy (non-hydrogen) atoms. The monoisotopic (exact) mass is 239 g/mol. The van der Waals surface area contributed by atoms with Gasteiger partial charge in [-0.1, -0.05) is 23.7 Å². The first-order valence-electron chi connectivity index (χ1n) is 5.84. The van der Waals surface area contributed by atoms with Gasteiger partial charge in [-0.3, -0.25) is 4.90 Å². The van der Waals surface area contributed by atoms with Crippen LogP contribution in [0.3, 0.4) is 0 Å². The average Bonchev–Trinajstić information content (AvgIpc) is 2.29. The zero-order chi connectivity index (χ0) is 11.5. The number of likely N-dealkylation sites (tertiary alicyclic amines) is 1. The molecule has 2 nitrogen and oxygen atoms in total. The lowest BCUT2D eigenvalue weighted by atomic mass is 10.0. The van der Waals surface area contributed by atoms with Crippen molar-refractivity contribution in [3.05, 3.63) is 34.9 Å². The van der Waals surface area contributed by atoms with Gasteiger partial charge in [-0.2, -0.15) is 0 Å². The van der Waals surface area contributed by atoms with E-state index >= 15 is 0 Å². The molecule has 0 aromatic heterocycles. The SMILES string of the molecule is CC(c1ccc(Cl)cc1)N1CCCC(O)C1. The van der Waals surface area contributed by atoms with Gasteiger partial charge in [0, 0.05) is 17.6 Å². The van der Waals surface area contributed by atoms with Crippen LogP contribution in [0.4, 0.5) is 0 Å².